The van der Waals surface area contributed by atoms with Crippen molar-refractivity contribution in [2.24, 2.45) is 4.99 Å². The molecule has 3 aromatic rings. The molecule has 0 atom stereocenters. The van der Waals surface area contributed by atoms with Crippen molar-refractivity contribution in [1.82, 2.24) is 9.97 Å². The van der Waals surface area contributed by atoms with Crippen molar-refractivity contribution in [3.63, 3.8) is 0 Å². The van der Waals surface area contributed by atoms with Crippen LogP contribution in [0, 0.1) is 13.5 Å². The van der Waals surface area contributed by atoms with Crippen LogP contribution in [0.3, 0.4) is 0 Å². The number of fused-ring (bicyclic) bond motifs is 1. The van der Waals surface area contributed by atoms with Gasteiger partial charge in [0, 0.05) is 5.56 Å². The van der Waals surface area contributed by atoms with E-state index in [4.69, 9.17) is 6.57 Å². The van der Waals surface area contributed by atoms with Gasteiger partial charge in [-0.3, -0.25) is 4.99 Å². The van der Waals surface area contributed by atoms with E-state index in [1.807, 2.05) is 31.2 Å². The largest absolute Gasteiger partial charge is 0.505 e. The van der Waals surface area contributed by atoms with Crippen molar-refractivity contribution >= 4 is 28.0 Å². The number of hydrogen-bond donors (Lipinski definition) is 2. The number of H-pyrrole nitrogens is 1. The van der Waals surface area contributed by atoms with E-state index < -0.39 is 0 Å². The lowest BCUT2D eigenvalue weighted by atomic mass is 10.1. The van der Waals surface area contributed by atoms with E-state index in [2.05, 4.69) is 19.8 Å². The molecular formula is C19H14N4O. The molecule has 2 aromatic carbocycles. The highest BCUT2D eigenvalue weighted by molar-refractivity contribution is 6.17. The van der Waals surface area contributed by atoms with E-state index in [0.29, 0.717) is 29.3 Å². The molecule has 1 aliphatic rings. The number of aliphatic hydroxyl groups excluding tert-OH is 1. The molecule has 0 fully saturated rings. The fourth-order valence-corrected chi connectivity index (χ4v) is 2.79. The Labute approximate surface area is 138 Å². The van der Waals surface area contributed by atoms with Crippen LogP contribution in [0.25, 0.3) is 21.5 Å². The quantitative estimate of drug-likeness (QED) is 0.696. The average molecular weight is 314 g/mol. The number of nitrogens with zero attached hydrogens (tertiary/aromatic N) is 3. The summed E-state index contributed by atoms with van der Waals surface area (Å²) in [4.78, 5) is 15.6. The Hall–Kier alpha value is -3.39. The third-order valence-electron chi connectivity index (χ3n) is 4.11. The summed E-state index contributed by atoms with van der Waals surface area (Å²) in [5, 5.41) is 10.6. The smallest absolute Gasteiger partial charge is 0.189 e. The van der Waals surface area contributed by atoms with Crippen LogP contribution in [0.2, 0.25) is 0 Å². The number of nitrogens with one attached hydrogen (secondary N) is 1. The van der Waals surface area contributed by atoms with Crippen molar-refractivity contribution in [3.05, 3.63) is 76.6 Å². The van der Waals surface area contributed by atoms with Gasteiger partial charge in [0.05, 0.1) is 29.7 Å². The van der Waals surface area contributed by atoms with Crippen LogP contribution in [0.5, 0.6) is 0 Å². The first-order valence-electron chi connectivity index (χ1n) is 7.57. The van der Waals surface area contributed by atoms with Gasteiger partial charge in [0.1, 0.15) is 17.3 Å². The summed E-state index contributed by atoms with van der Waals surface area (Å²) in [6.07, 6.45) is 0. The topological polar surface area (TPSA) is 65.6 Å². The van der Waals surface area contributed by atoms with Crippen LogP contribution in [-0.2, 0) is 0 Å². The Bertz CT molecular complexity index is 1050. The zero-order valence-electron chi connectivity index (χ0n) is 13.0. The summed E-state index contributed by atoms with van der Waals surface area (Å²) in [5.74, 6) is 0.749. The number of aliphatic imine (C=N–C) groups is 1. The molecule has 2 N–H and O–H groups in total. The lowest BCUT2D eigenvalue weighted by molar-refractivity contribution is 0.447. The number of aliphatic hydroxyl groups is 1. The van der Waals surface area contributed by atoms with Crippen LogP contribution >= 0.6 is 0 Å². The monoisotopic (exact) mass is 314 g/mol. The normalized spacial score (nSPS) is 14.1. The third-order valence-corrected chi connectivity index (χ3v) is 4.11. The molecule has 0 unspecified atom stereocenters. The summed E-state index contributed by atoms with van der Waals surface area (Å²) in [6.45, 7) is 9.48. The Balaban J connectivity index is 1.75. The highest BCUT2D eigenvalue weighted by Gasteiger charge is 2.23. The maximum atomic E-state index is 10.6. The lowest BCUT2D eigenvalue weighted by Crippen LogP contribution is -2.02. The van der Waals surface area contributed by atoms with Crippen molar-refractivity contribution in [3.8, 4) is 0 Å². The molecule has 0 amide bonds. The summed E-state index contributed by atoms with van der Waals surface area (Å²) >= 11 is 0. The number of aromatic amines is 1. The maximum Gasteiger partial charge on any atom is 0.189 e. The highest BCUT2D eigenvalue weighted by Crippen LogP contribution is 2.28. The van der Waals surface area contributed by atoms with E-state index in [1.165, 1.54) is 0 Å². The van der Waals surface area contributed by atoms with E-state index in [9.17, 15) is 5.11 Å². The zero-order chi connectivity index (χ0) is 16.7. The predicted octanol–water partition coefficient (Wildman–Crippen LogP) is 4.19. The van der Waals surface area contributed by atoms with Crippen LogP contribution < -0.4 is 0 Å². The van der Waals surface area contributed by atoms with Gasteiger partial charge in [0.25, 0.3) is 0 Å². The second-order valence-corrected chi connectivity index (χ2v) is 5.76. The minimum atomic E-state index is 0.156. The van der Waals surface area contributed by atoms with Crippen LogP contribution in [-0.4, -0.2) is 27.3 Å². The SMILES string of the molecule is [C-]#[N+]c1ccc2nc(C3=C(O)C(c4ccc(C)cc4)=NC3)[nH]c2c1. The molecule has 2 heterocycles. The summed E-state index contributed by atoms with van der Waals surface area (Å²) in [7, 11) is 0. The highest BCUT2D eigenvalue weighted by atomic mass is 16.3. The van der Waals surface area contributed by atoms with Crippen molar-refractivity contribution < 1.29 is 5.11 Å². The molecule has 116 valence electrons. The first-order chi connectivity index (χ1) is 11.7. The first kappa shape index (κ1) is 14.2. The molecule has 1 aliphatic heterocycles. The molecular weight excluding hydrogens is 300 g/mol. The van der Waals surface area contributed by atoms with Crippen molar-refractivity contribution in [2.75, 3.05) is 6.54 Å². The van der Waals surface area contributed by atoms with Crippen LogP contribution in [0.15, 0.2) is 53.2 Å². The van der Waals surface area contributed by atoms with Gasteiger partial charge >= 0.3 is 0 Å². The van der Waals surface area contributed by atoms with Crippen molar-refractivity contribution in [2.45, 2.75) is 6.92 Å². The Morgan fingerprint density at radius 1 is 1.17 bits per heavy atom. The van der Waals surface area contributed by atoms with Gasteiger partial charge in [-0.25, -0.2) is 9.83 Å². The minimum Gasteiger partial charge on any atom is -0.505 e. The van der Waals surface area contributed by atoms with Gasteiger partial charge in [-0.05, 0) is 19.1 Å². The molecule has 5 nitrogen and oxygen atoms in total. The number of allylic oxidation sites excluding steroid dienone is 1. The van der Waals surface area contributed by atoms with E-state index in [-0.39, 0.29) is 5.76 Å². The summed E-state index contributed by atoms with van der Waals surface area (Å²) in [5.41, 5.74) is 5.41. The second-order valence-electron chi connectivity index (χ2n) is 5.76. The Kier molecular flexibility index (Phi) is 3.17. The Morgan fingerprint density at radius 3 is 2.71 bits per heavy atom. The van der Waals surface area contributed by atoms with Gasteiger partial charge in [-0.1, -0.05) is 35.9 Å². The standard InChI is InChI=1S/C19H14N4O/c1-11-3-5-12(6-4-11)17-18(24)14(10-21-17)19-22-15-8-7-13(20-2)9-16(15)23-19/h3-9,24H,10H2,1H3,(H,22,23). The Morgan fingerprint density at radius 2 is 1.96 bits per heavy atom. The first-order valence-corrected chi connectivity index (χ1v) is 7.57. The molecule has 5 heteroatoms. The number of imidazole rings is 1. The second kappa shape index (κ2) is 5.36. The van der Waals surface area contributed by atoms with Gasteiger partial charge in [0.15, 0.2) is 5.69 Å². The number of aromatic nitrogens is 2. The fraction of sp³-hybridized carbons (Fsp3) is 0.105. The molecule has 0 radical (unpaired) electrons. The van der Waals surface area contributed by atoms with Gasteiger partial charge < -0.3 is 10.1 Å². The fourth-order valence-electron chi connectivity index (χ4n) is 2.79. The lowest BCUT2D eigenvalue weighted by Gasteiger charge is -2.03. The number of hydrogen-bond acceptors (Lipinski definition) is 3. The predicted molar refractivity (Wildman–Crippen MR) is 94.5 cm³/mol. The number of aryl methyl sites for hydroxylation is 1. The zero-order valence-corrected chi connectivity index (χ0v) is 13.0. The molecule has 0 saturated heterocycles. The average Bonchev–Trinajstić information content (AvgIpc) is 3.18. The molecule has 0 spiro atoms. The van der Waals surface area contributed by atoms with Gasteiger partial charge in [0.2, 0.25) is 0 Å². The molecule has 0 saturated carbocycles. The van der Waals surface area contributed by atoms with E-state index >= 15 is 0 Å². The van der Waals surface area contributed by atoms with Crippen molar-refractivity contribution in [1.29, 1.82) is 0 Å². The minimum absolute atomic E-state index is 0.156. The molecule has 4 rings (SSSR count). The van der Waals surface area contributed by atoms with Crippen LogP contribution in [0.4, 0.5) is 5.69 Å². The molecule has 1 aromatic heterocycles. The van der Waals surface area contributed by atoms with E-state index in [1.54, 1.807) is 18.2 Å². The molecule has 0 aliphatic carbocycles. The summed E-state index contributed by atoms with van der Waals surface area (Å²) in [6, 6.07) is 13.2. The number of rotatable bonds is 2. The molecule has 24 heavy (non-hydrogen) atoms. The van der Waals surface area contributed by atoms with Crippen LogP contribution in [0.1, 0.15) is 17.0 Å². The van der Waals surface area contributed by atoms with Gasteiger partial charge in [-0.2, -0.15) is 0 Å². The number of benzene rings is 2. The third kappa shape index (κ3) is 2.25. The van der Waals surface area contributed by atoms with E-state index in [0.717, 1.165) is 22.2 Å². The molecule has 0 bridgehead atoms. The summed E-state index contributed by atoms with van der Waals surface area (Å²) < 4.78 is 0. The van der Waals surface area contributed by atoms with Gasteiger partial charge in [-0.15, -0.1) is 0 Å². The maximum absolute atomic E-state index is 10.6.